The van der Waals surface area contributed by atoms with Crippen LogP contribution in [-0.2, 0) is 0 Å². The maximum atomic E-state index is 10.7. The number of aliphatic hydroxyl groups excluding tert-OH is 1. The van der Waals surface area contributed by atoms with Crippen molar-refractivity contribution in [1.82, 2.24) is 0 Å². The highest BCUT2D eigenvalue weighted by Crippen LogP contribution is 2.60. The van der Waals surface area contributed by atoms with Crippen molar-refractivity contribution in [2.75, 3.05) is 0 Å². The zero-order valence-corrected chi connectivity index (χ0v) is 10.8. The number of aliphatic hydroxyl groups is 1. The summed E-state index contributed by atoms with van der Waals surface area (Å²) >= 11 is 0. The van der Waals surface area contributed by atoms with Crippen LogP contribution in [0.2, 0.25) is 0 Å². The molecule has 4 bridgehead atoms. The highest BCUT2D eigenvalue weighted by atomic mass is 16.3. The van der Waals surface area contributed by atoms with Crippen LogP contribution in [-0.4, -0.2) is 11.2 Å². The Bertz CT molecular complexity index is 341. The van der Waals surface area contributed by atoms with Crippen LogP contribution in [0.5, 0.6) is 0 Å². The molecule has 0 radical (unpaired) electrons. The summed E-state index contributed by atoms with van der Waals surface area (Å²) in [5.41, 5.74) is 2.08. The monoisotopic (exact) mass is 220 g/mol. The third kappa shape index (κ3) is 1.27. The Balaban J connectivity index is 2.11. The average molecular weight is 220 g/mol. The molecule has 0 aliphatic heterocycles. The van der Waals surface area contributed by atoms with E-state index in [9.17, 15) is 5.11 Å². The Labute approximate surface area is 98.9 Å². The molecule has 4 aliphatic carbocycles. The minimum atomic E-state index is -0.108. The molecule has 4 aliphatic rings. The van der Waals surface area contributed by atoms with Gasteiger partial charge in [0, 0.05) is 5.41 Å². The molecule has 1 nitrogen and oxygen atoms in total. The van der Waals surface area contributed by atoms with Gasteiger partial charge in [-0.05, 0) is 49.4 Å². The summed E-state index contributed by atoms with van der Waals surface area (Å²) < 4.78 is 0. The van der Waals surface area contributed by atoms with Crippen LogP contribution >= 0.6 is 0 Å². The Morgan fingerprint density at radius 1 is 1.25 bits per heavy atom. The molecule has 2 fully saturated rings. The molecule has 4 atom stereocenters. The van der Waals surface area contributed by atoms with Crippen molar-refractivity contribution in [2.24, 2.45) is 22.7 Å². The zero-order valence-electron chi connectivity index (χ0n) is 10.8. The Hall–Kier alpha value is -0.300. The summed E-state index contributed by atoms with van der Waals surface area (Å²) in [4.78, 5) is 0. The van der Waals surface area contributed by atoms with Gasteiger partial charge < -0.3 is 5.11 Å². The maximum absolute atomic E-state index is 10.7. The first-order valence-electron chi connectivity index (χ1n) is 6.84. The van der Waals surface area contributed by atoms with Gasteiger partial charge in [-0.15, -0.1) is 0 Å². The van der Waals surface area contributed by atoms with Gasteiger partial charge in [0.2, 0.25) is 0 Å². The fourth-order valence-corrected chi connectivity index (χ4v) is 4.67. The van der Waals surface area contributed by atoms with Gasteiger partial charge in [-0.1, -0.05) is 32.4 Å². The second-order valence-electron chi connectivity index (χ2n) is 7.18. The Kier molecular flexibility index (Phi) is 2.12. The number of hydrogen-bond donors (Lipinski definition) is 1. The SMILES string of the molecule is CC1(C)CCCC2=C[C@@]3(C)CC[C@@H]2[C@@H]1[C@@H]3O. The molecular weight excluding hydrogens is 196 g/mol. The van der Waals surface area contributed by atoms with E-state index >= 15 is 0 Å². The standard InChI is InChI=1S/C15H24O/c1-14(2)7-4-5-10-9-15(3)8-6-11(10)12(14)13(15)16/h9,11-13,16H,4-8H2,1-3H3/t11-,12+,13-,15+/m0/s1. The van der Waals surface area contributed by atoms with Gasteiger partial charge in [-0.2, -0.15) is 0 Å². The topological polar surface area (TPSA) is 20.2 Å². The summed E-state index contributed by atoms with van der Waals surface area (Å²) in [5, 5.41) is 10.7. The van der Waals surface area contributed by atoms with Crippen LogP contribution in [0, 0.1) is 22.7 Å². The second kappa shape index (κ2) is 3.13. The van der Waals surface area contributed by atoms with Crippen molar-refractivity contribution >= 4 is 0 Å². The lowest BCUT2D eigenvalue weighted by atomic mass is 9.51. The summed E-state index contributed by atoms with van der Waals surface area (Å²) in [6.45, 7) is 7.00. The molecule has 0 aromatic carbocycles. The highest BCUT2D eigenvalue weighted by Gasteiger charge is 2.55. The lowest BCUT2D eigenvalue weighted by Gasteiger charge is -2.55. The quantitative estimate of drug-likeness (QED) is 0.619. The lowest BCUT2D eigenvalue weighted by molar-refractivity contribution is -0.0938. The normalized spacial score (nSPS) is 49.8. The average Bonchev–Trinajstić information content (AvgIpc) is 2.29. The van der Waals surface area contributed by atoms with E-state index in [0.29, 0.717) is 17.3 Å². The van der Waals surface area contributed by atoms with Gasteiger partial charge in [-0.3, -0.25) is 0 Å². The van der Waals surface area contributed by atoms with Crippen molar-refractivity contribution in [1.29, 1.82) is 0 Å². The molecule has 0 saturated heterocycles. The Morgan fingerprint density at radius 2 is 2.00 bits per heavy atom. The maximum Gasteiger partial charge on any atom is 0.0667 e. The van der Waals surface area contributed by atoms with E-state index in [-0.39, 0.29) is 11.5 Å². The first-order chi connectivity index (χ1) is 7.44. The van der Waals surface area contributed by atoms with Crippen molar-refractivity contribution < 1.29 is 5.11 Å². The summed E-state index contributed by atoms with van der Waals surface area (Å²) in [7, 11) is 0. The predicted molar refractivity (Wildman–Crippen MR) is 66.0 cm³/mol. The second-order valence-corrected chi connectivity index (χ2v) is 7.18. The molecule has 90 valence electrons. The summed E-state index contributed by atoms with van der Waals surface area (Å²) in [6.07, 6.45) is 8.70. The van der Waals surface area contributed by atoms with E-state index in [1.165, 1.54) is 32.1 Å². The van der Waals surface area contributed by atoms with Crippen LogP contribution in [0.15, 0.2) is 11.6 Å². The molecule has 0 aromatic heterocycles. The van der Waals surface area contributed by atoms with Crippen molar-refractivity contribution in [3.8, 4) is 0 Å². The van der Waals surface area contributed by atoms with Crippen LogP contribution in [0.4, 0.5) is 0 Å². The van der Waals surface area contributed by atoms with Gasteiger partial charge >= 0.3 is 0 Å². The molecule has 1 N–H and O–H groups in total. The molecular formula is C15H24O. The zero-order chi connectivity index (χ0) is 11.6. The number of fused-ring (bicyclic) bond motifs is 1. The number of hydrogen-bond acceptors (Lipinski definition) is 1. The van der Waals surface area contributed by atoms with Crippen LogP contribution in [0.3, 0.4) is 0 Å². The molecule has 0 spiro atoms. The smallest absolute Gasteiger partial charge is 0.0667 e. The minimum Gasteiger partial charge on any atom is -0.392 e. The number of rotatable bonds is 0. The van der Waals surface area contributed by atoms with Crippen molar-refractivity contribution in [2.45, 2.75) is 59.0 Å². The van der Waals surface area contributed by atoms with E-state index in [1.807, 2.05) is 0 Å². The summed E-state index contributed by atoms with van der Waals surface area (Å²) in [6, 6.07) is 0. The largest absolute Gasteiger partial charge is 0.392 e. The van der Waals surface area contributed by atoms with E-state index in [2.05, 4.69) is 26.8 Å². The van der Waals surface area contributed by atoms with Crippen LogP contribution < -0.4 is 0 Å². The molecule has 2 saturated carbocycles. The first kappa shape index (κ1) is 10.8. The predicted octanol–water partition coefficient (Wildman–Crippen LogP) is 3.53. The van der Waals surface area contributed by atoms with Crippen molar-refractivity contribution in [3.05, 3.63) is 11.6 Å². The molecule has 0 amide bonds. The molecule has 16 heavy (non-hydrogen) atoms. The number of allylic oxidation sites excluding steroid dienone is 1. The van der Waals surface area contributed by atoms with E-state index in [0.717, 1.165) is 0 Å². The molecule has 4 rings (SSSR count). The van der Waals surface area contributed by atoms with E-state index in [4.69, 9.17) is 0 Å². The van der Waals surface area contributed by atoms with Crippen LogP contribution in [0.1, 0.15) is 52.9 Å². The van der Waals surface area contributed by atoms with Gasteiger partial charge in [0.1, 0.15) is 0 Å². The van der Waals surface area contributed by atoms with Gasteiger partial charge in [0.05, 0.1) is 6.10 Å². The fraction of sp³-hybridized carbons (Fsp3) is 0.867. The lowest BCUT2D eigenvalue weighted by Crippen LogP contribution is -2.53. The molecule has 0 aromatic rings. The van der Waals surface area contributed by atoms with Crippen LogP contribution in [0.25, 0.3) is 0 Å². The van der Waals surface area contributed by atoms with E-state index in [1.54, 1.807) is 5.57 Å². The Morgan fingerprint density at radius 3 is 2.75 bits per heavy atom. The highest BCUT2D eigenvalue weighted by molar-refractivity contribution is 5.27. The molecule has 0 unspecified atom stereocenters. The van der Waals surface area contributed by atoms with Gasteiger partial charge in [0.25, 0.3) is 0 Å². The molecule has 1 heteroatoms. The van der Waals surface area contributed by atoms with E-state index < -0.39 is 0 Å². The van der Waals surface area contributed by atoms with Crippen molar-refractivity contribution in [3.63, 3.8) is 0 Å². The third-order valence-electron chi connectivity index (χ3n) is 5.62. The minimum absolute atomic E-state index is 0.0797. The third-order valence-corrected chi connectivity index (χ3v) is 5.62. The van der Waals surface area contributed by atoms with Gasteiger partial charge in [-0.25, -0.2) is 0 Å². The summed E-state index contributed by atoms with van der Waals surface area (Å²) in [5.74, 6) is 1.20. The first-order valence-corrected chi connectivity index (χ1v) is 6.84. The van der Waals surface area contributed by atoms with Gasteiger partial charge in [0.15, 0.2) is 0 Å². The molecule has 0 heterocycles. The fourth-order valence-electron chi connectivity index (χ4n) is 4.67.